The molecule has 44 heavy (non-hydrogen) atoms. The molecule has 3 aromatic carbocycles. The Kier molecular flexibility index (Phi) is 10.3. The van der Waals surface area contributed by atoms with E-state index in [9.17, 15) is 23.1 Å². The van der Waals surface area contributed by atoms with Gasteiger partial charge in [-0.2, -0.15) is 4.31 Å². The minimum atomic E-state index is -3.86. The van der Waals surface area contributed by atoms with E-state index in [0.29, 0.717) is 22.9 Å². The number of amides is 3. The Bertz CT molecular complexity index is 1560. The van der Waals surface area contributed by atoms with Gasteiger partial charge in [-0.1, -0.05) is 6.92 Å². The molecule has 0 radical (unpaired) electrons. The zero-order valence-corrected chi connectivity index (χ0v) is 26.1. The lowest BCUT2D eigenvalue weighted by Crippen LogP contribution is -2.50. The molecule has 236 valence electrons. The first kappa shape index (κ1) is 32.6. The standard InChI is InChI=1S/C31H38N4O8S/c1-20-17-35(21(2)19-36)30(37)27-16-23(33-31(38)32-22-6-9-24(41-4)10-7-22)8-15-28(27)43-29(20)18-34(3)44(39,40)26-13-11-25(42-5)12-14-26/h6-16,20-21,29,36H,17-19H2,1-5H3,(H2,32,33,38)/t20-,21+,29-/m0/s1. The molecule has 3 aromatic rings. The highest BCUT2D eigenvalue weighted by molar-refractivity contribution is 7.89. The Morgan fingerprint density at radius 3 is 2.18 bits per heavy atom. The number of methoxy groups -OCH3 is 2. The summed E-state index contributed by atoms with van der Waals surface area (Å²) in [4.78, 5) is 28.1. The van der Waals surface area contributed by atoms with Crippen LogP contribution in [-0.4, -0.2) is 87.8 Å². The largest absolute Gasteiger partial charge is 0.497 e. The zero-order valence-electron chi connectivity index (χ0n) is 25.3. The fourth-order valence-electron chi connectivity index (χ4n) is 4.77. The number of likely N-dealkylation sites (N-methyl/N-ethyl adjacent to an activating group) is 1. The smallest absolute Gasteiger partial charge is 0.323 e. The molecule has 1 heterocycles. The first-order valence-corrected chi connectivity index (χ1v) is 15.5. The second-order valence-electron chi connectivity index (χ2n) is 10.6. The summed E-state index contributed by atoms with van der Waals surface area (Å²) in [6.07, 6.45) is -0.648. The fourth-order valence-corrected chi connectivity index (χ4v) is 5.95. The number of carbonyl (C=O) groups is 2. The number of urea groups is 1. The number of ether oxygens (including phenoxy) is 3. The van der Waals surface area contributed by atoms with Crippen LogP contribution >= 0.6 is 0 Å². The quantitative estimate of drug-likeness (QED) is 0.307. The third-order valence-corrected chi connectivity index (χ3v) is 9.31. The molecular weight excluding hydrogens is 588 g/mol. The lowest BCUT2D eigenvalue weighted by molar-refractivity contribution is 0.0387. The molecule has 13 heteroatoms. The minimum absolute atomic E-state index is 0.00518. The van der Waals surface area contributed by atoms with Crippen molar-refractivity contribution in [1.29, 1.82) is 0 Å². The summed E-state index contributed by atoms with van der Waals surface area (Å²) in [5.41, 5.74) is 1.06. The van der Waals surface area contributed by atoms with Crippen LogP contribution in [0.3, 0.4) is 0 Å². The predicted molar refractivity (Wildman–Crippen MR) is 166 cm³/mol. The van der Waals surface area contributed by atoms with Crippen LogP contribution < -0.4 is 24.8 Å². The number of fused-ring (bicyclic) bond motifs is 1. The summed E-state index contributed by atoms with van der Waals surface area (Å²) < 4.78 is 44.6. The van der Waals surface area contributed by atoms with Gasteiger partial charge in [-0.15, -0.1) is 0 Å². The van der Waals surface area contributed by atoms with Crippen molar-refractivity contribution >= 4 is 33.3 Å². The summed E-state index contributed by atoms with van der Waals surface area (Å²) in [7, 11) is 0.663. The molecule has 1 aliphatic rings. The third kappa shape index (κ3) is 7.41. The molecule has 0 spiro atoms. The molecule has 0 aliphatic carbocycles. The number of aliphatic hydroxyl groups excluding tert-OH is 1. The Morgan fingerprint density at radius 2 is 1.59 bits per heavy atom. The van der Waals surface area contributed by atoms with E-state index >= 15 is 0 Å². The number of aliphatic hydroxyl groups is 1. The fraction of sp³-hybridized carbons (Fsp3) is 0.355. The van der Waals surface area contributed by atoms with E-state index in [1.807, 2.05) is 6.92 Å². The van der Waals surface area contributed by atoms with E-state index in [1.165, 1.54) is 41.6 Å². The third-order valence-electron chi connectivity index (χ3n) is 7.48. The van der Waals surface area contributed by atoms with Crippen molar-refractivity contribution in [2.45, 2.75) is 30.9 Å². The molecular formula is C31H38N4O8S. The summed E-state index contributed by atoms with van der Waals surface area (Å²) in [5, 5.41) is 15.4. The highest BCUT2D eigenvalue weighted by atomic mass is 32.2. The summed E-state index contributed by atoms with van der Waals surface area (Å²) in [6.45, 7) is 3.53. The van der Waals surface area contributed by atoms with Gasteiger partial charge < -0.3 is 34.9 Å². The SMILES string of the molecule is COc1ccc(NC(=O)Nc2ccc3c(c2)C(=O)N([C@H](C)CO)C[C@H](C)[C@H](CN(C)S(=O)(=O)c2ccc(OC)cc2)O3)cc1. The maximum atomic E-state index is 13.7. The van der Waals surface area contributed by atoms with E-state index < -0.39 is 28.2 Å². The second-order valence-corrected chi connectivity index (χ2v) is 12.6. The molecule has 3 N–H and O–H groups in total. The van der Waals surface area contributed by atoms with Crippen LogP contribution in [0.1, 0.15) is 24.2 Å². The van der Waals surface area contributed by atoms with Gasteiger partial charge in [-0.05, 0) is 73.7 Å². The van der Waals surface area contributed by atoms with Crippen molar-refractivity contribution < 1.29 is 37.3 Å². The first-order chi connectivity index (χ1) is 21.0. The van der Waals surface area contributed by atoms with Gasteiger partial charge in [0.25, 0.3) is 5.91 Å². The number of benzene rings is 3. The van der Waals surface area contributed by atoms with Crippen LogP contribution in [-0.2, 0) is 10.0 Å². The van der Waals surface area contributed by atoms with Crippen molar-refractivity contribution in [2.75, 3.05) is 51.6 Å². The zero-order chi connectivity index (χ0) is 32.0. The maximum Gasteiger partial charge on any atom is 0.323 e. The number of anilines is 2. The van der Waals surface area contributed by atoms with E-state index in [0.717, 1.165) is 0 Å². The lowest BCUT2D eigenvalue weighted by atomic mass is 9.99. The highest BCUT2D eigenvalue weighted by Gasteiger charge is 2.35. The molecule has 0 aromatic heterocycles. The number of nitrogens with one attached hydrogen (secondary N) is 2. The molecule has 3 atom stereocenters. The van der Waals surface area contributed by atoms with Crippen LogP contribution in [0.2, 0.25) is 0 Å². The first-order valence-electron chi connectivity index (χ1n) is 14.0. The Balaban J connectivity index is 1.59. The highest BCUT2D eigenvalue weighted by Crippen LogP contribution is 2.31. The predicted octanol–water partition coefficient (Wildman–Crippen LogP) is 3.89. The van der Waals surface area contributed by atoms with Crippen LogP contribution in [0.4, 0.5) is 16.2 Å². The van der Waals surface area contributed by atoms with Gasteiger partial charge in [-0.3, -0.25) is 4.79 Å². The minimum Gasteiger partial charge on any atom is -0.497 e. The molecule has 0 bridgehead atoms. The van der Waals surface area contributed by atoms with E-state index in [-0.39, 0.29) is 47.7 Å². The number of carbonyl (C=O) groups excluding carboxylic acids is 2. The van der Waals surface area contributed by atoms with Crippen molar-refractivity contribution in [3.05, 3.63) is 72.3 Å². The second kappa shape index (κ2) is 14.0. The van der Waals surface area contributed by atoms with E-state index in [1.54, 1.807) is 62.6 Å². The number of nitrogens with zero attached hydrogens (tertiary/aromatic N) is 2. The van der Waals surface area contributed by atoms with Crippen LogP contribution in [0.5, 0.6) is 17.2 Å². The molecule has 4 rings (SSSR count). The summed E-state index contributed by atoms with van der Waals surface area (Å²) >= 11 is 0. The monoisotopic (exact) mass is 626 g/mol. The molecule has 0 saturated carbocycles. The van der Waals surface area contributed by atoms with E-state index in [4.69, 9.17) is 14.2 Å². The van der Waals surface area contributed by atoms with Crippen molar-refractivity contribution in [3.8, 4) is 17.2 Å². The number of hydrogen-bond donors (Lipinski definition) is 3. The number of hydrogen-bond acceptors (Lipinski definition) is 8. The number of sulfonamides is 1. The normalized spacial score (nSPS) is 17.5. The van der Waals surface area contributed by atoms with Crippen LogP contribution in [0, 0.1) is 5.92 Å². The van der Waals surface area contributed by atoms with Gasteiger partial charge in [0.2, 0.25) is 10.0 Å². The average molecular weight is 627 g/mol. The van der Waals surface area contributed by atoms with Gasteiger partial charge >= 0.3 is 6.03 Å². The van der Waals surface area contributed by atoms with Gasteiger partial charge in [-0.25, -0.2) is 13.2 Å². The molecule has 3 amide bonds. The Hall–Kier alpha value is -4.33. The van der Waals surface area contributed by atoms with Gasteiger partial charge in [0, 0.05) is 30.9 Å². The van der Waals surface area contributed by atoms with Crippen LogP contribution in [0.25, 0.3) is 0 Å². The van der Waals surface area contributed by atoms with Crippen molar-refractivity contribution in [2.24, 2.45) is 5.92 Å². The van der Waals surface area contributed by atoms with Crippen molar-refractivity contribution in [3.63, 3.8) is 0 Å². The average Bonchev–Trinajstić information content (AvgIpc) is 3.02. The lowest BCUT2D eigenvalue weighted by Gasteiger charge is -2.38. The maximum absolute atomic E-state index is 13.7. The molecule has 1 aliphatic heterocycles. The Morgan fingerprint density at radius 1 is 1.02 bits per heavy atom. The van der Waals surface area contributed by atoms with Crippen molar-refractivity contribution in [1.82, 2.24) is 9.21 Å². The molecule has 0 saturated heterocycles. The Labute approximate surface area is 257 Å². The summed E-state index contributed by atoms with van der Waals surface area (Å²) in [6, 6.07) is 16.6. The molecule has 0 unspecified atom stereocenters. The van der Waals surface area contributed by atoms with Crippen LogP contribution in [0.15, 0.2) is 71.6 Å². The number of rotatable bonds is 10. The van der Waals surface area contributed by atoms with E-state index in [2.05, 4.69) is 10.6 Å². The summed E-state index contributed by atoms with van der Waals surface area (Å²) in [5.74, 6) is 0.732. The topological polar surface area (TPSA) is 147 Å². The van der Waals surface area contributed by atoms with Gasteiger partial charge in [0.15, 0.2) is 0 Å². The molecule has 0 fully saturated rings. The molecule has 12 nitrogen and oxygen atoms in total. The van der Waals surface area contributed by atoms with Gasteiger partial charge in [0.1, 0.15) is 23.4 Å². The van der Waals surface area contributed by atoms with Gasteiger partial charge in [0.05, 0.1) is 43.9 Å².